The van der Waals surface area contributed by atoms with Gasteiger partial charge in [0.15, 0.2) is 0 Å². The summed E-state index contributed by atoms with van der Waals surface area (Å²) in [6, 6.07) is 15.6. The van der Waals surface area contributed by atoms with E-state index in [0.717, 1.165) is 43.3 Å². The molecule has 0 aromatic heterocycles. The Morgan fingerprint density at radius 3 is 2.42 bits per heavy atom. The third kappa shape index (κ3) is 4.67. The first-order valence-corrected chi connectivity index (χ1v) is 8.86. The predicted octanol–water partition coefficient (Wildman–Crippen LogP) is 2.50. The van der Waals surface area contributed by atoms with E-state index in [1.807, 2.05) is 36.4 Å². The molecule has 1 heterocycles. The number of carbonyl (C=O) groups excluding carboxylic acids is 1. The van der Waals surface area contributed by atoms with E-state index in [1.165, 1.54) is 5.69 Å². The molecule has 138 valence electrons. The van der Waals surface area contributed by atoms with Crippen molar-refractivity contribution >= 4 is 23.0 Å². The molecule has 0 aliphatic carbocycles. The van der Waals surface area contributed by atoms with Crippen LogP contribution in [0.5, 0.6) is 5.75 Å². The smallest absolute Gasteiger partial charge is 0.243 e. The van der Waals surface area contributed by atoms with Crippen molar-refractivity contribution in [2.24, 2.45) is 0 Å². The molecule has 1 saturated heterocycles. The molecule has 26 heavy (non-hydrogen) atoms. The van der Waals surface area contributed by atoms with Gasteiger partial charge in [-0.15, -0.1) is 0 Å². The van der Waals surface area contributed by atoms with Crippen LogP contribution in [0.15, 0.2) is 48.5 Å². The lowest BCUT2D eigenvalue weighted by molar-refractivity contribution is -0.114. The molecule has 3 rings (SSSR count). The molecule has 2 aromatic rings. The van der Waals surface area contributed by atoms with Crippen LogP contribution in [0.1, 0.15) is 0 Å². The average molecular weight is 354 g/mol. The Morgan fingerprint density at radius 2 is 1.73 bits per heavy atom. The van der Waals surface area contributed by atoms with Gasteiger partial charge in [-0.2, -0.15) is 0 Å². The number of hydrogen-bond acceptors (Lipinski definition) is 5. The topological polar surface area (TPSA) is 56.8 Å². The number of para-hydroxylation sites is 2. The number of methoxy groups -OCH3 is 1. The van der Waals surface area contributed by atoms with Gasteiger partial charge in [0.05, 0.1) is 19.3 Å². The molecule has 6 heteroatoms. The number of amides is 1. The van der Waals surface area contributed by atoms with Crippen LogP contribution in [0.4, 0.5) is 17.1 Å². The molecule has 0 bridgehead atoms. The molecule has 0 unspecified atom stereocenters. The molecule has 0 radical (unpaired) electrons. The first-order chi connectivity index (χ1) is 12.7. The van der Waals surface area contributed by atoms with Gasteiger partial charge in [0.25, 0.3) is 0 Å². The largest absolute Gasteiger partial charge is 0.495 e. The second-order valence-corrected chi connectivity index (χ2v) is 6.44. The molecular weight excluding hydrogens is 328 g/mol. The summed E-state index contributed by atoms with van der Waals surface area (Å²) in [7, 11) is 3.76. The van der Waals surface area contributed by atoms with Crippen molar-refractivity contribution in [1.82, 2.24) is 4.90 Å². The quantitative estimate of drug-likeness (QED) is 0.835. The van der Waals surface area contributed by atoms with Crippen molar-refractivity contribution < 1.29 is 9.53 Å². The number of anilines is 3. The number of likely N-dealkylation sites (N-methyl/N-ethyl adjacent to an activating group) is 1. The fourth-order valence-corrected chi connectivity index (χ4v) is 2.99. The van der Waals surface area contributed by atoms with Crippen molar-refractivity contribution in [3.63, 3.8) is 0 Å². The number of hydrogen-bond donors (Lipinski definition) is 2. The number of ether oxygens (including phenoxy) is 1. The molecule has 1 fully saturated rings. The number of carbonyl (C=O) groups is 1. The molecule has 2 aromatic carbocycles. The number of benzene rings is 2. The molecule has 2 N–H and O–H groups in total. The van der Waals surface area contributed by atoms with Crippen LogP contribution < -0.4 is 20.3 Å². The molecular formula is C20H26N4O2. The highest BCUT2D eigenvalue weighted by Crippen LogP contribution is 2.23. The fourth-order valence-electron chi connectivity index (χ4n) is 2.99. The number of piperazine rings is 1. The van der Waals surface area contributed by atoms with E-state index in [9.17, 15) is 4.79 Å². The van der Waals surface area contributed by atoms with Crippen LogP contribution in [-0.4, -0.2) is 57.7 Å². The van der Waals surface area contributed by atoms with Crippen LogP contribution in [-0.2, 0) is 4.79 Å². The van der Waals surface area contributed by atoms with Crippen molar-refractivity contribution in [3.8, 4) is 5.75 Å². The van der Waals surface area contributed by atoms with E-state index in [-0.39, 0.29) is 12.5 Å². The van der Waals surface area contributed by atoms with E-state index in [1.54, 1.807) is 7.11 Å². The lowest BCUT2D eigenvalue weighted by Gasteiger charge is -2.34. The van der Waals surface area contributed by atoms with Crippen molar-refractivity contribution in [3.05, 3.63) is 48.5 Å². The lowest BCUT2D eigenvalue weighted by atomic mass is 10.2. The monoisotopic (exact) mass is 354 g/mol. The van der Waals surface area contributed by atoms with Crippen molar-refractivity contribution in [1.29, 1.82) is 0 Å². The summed E-state index contributed by atoms with van der Waals surface area (Å²) in [5, 5.41) is 6.02. The van der Waals surface area contributed by atoms with E-state index in [2.05, 4.69) is 39.6 Å². The summed E-state index contributed by atoms with van der Waals surface area (Å²) >= 11 is 0. The van der Waals surface area contributed by atoms with Crippen LogP contribution in [0.3, 0.4) is 0 Å². The number of rotatable bonds is 6. The van der Waals surface area contributed by atoms with E-state index >= 15 is 0 Å². The van der Waals surface area contributed by atoms with E-state index in [4.69, 9.17) is 4.74 Å². The zero-order chi connectivity index (χ0) is 18.4. The maximum atomic E-state index is 12.2. The number of nitrogens with zero attached hydrogens (tertiary/aromatic N) is 2. The van der Waals surface area contributed by atoms with Gasteiger partial charge in [-0.05, 0) is 43.4 Å². The van der Waals surface area contributed by atoms with E-state index in [0.29, 0.717) is 0 Å². The Kier molecular flexibility index (Phi) is 5.96. The molecule has 1 amide bonds. The summed E-state index contributed by atoms with van der Waals surface area (Å²) in [6.07, 6.45) is 0. The molecule has 0 saturated carbocycles. The van der Waals surface area contributed by atoms with Gasteiger partial charge in [-0.3, -0.25) is 4.79 Å². The zero-order valence-electron chi connectivity index (χ0n) is 15.4. The molecule has 0 atom stereocenters. The summed E-state index contributed by atoms with van der Waals surface area (Å²) in [5.74, 6) is 0.625. The van der Waals surface area contributed by atoms with E-state index < -0.39 is 0 Å². The number of nitrogens with one attached hydrogen (secondary N) is 2. The second kappa shape index (κ2) is 8.58. The first-order valence-electron chi connectivity index (χ1n) is 8.86. The maximum Gasteiger partial charge on any atom is 0.243 e. The van der Waals surface area contributed by atoms with Crippen molar-refractivity contribution in [2.75, 3.05) is 62.4 Å². The van der Waals surface area contributed by atoms with Gasteiger partial charge in [-0.25, -0.2) is 0 Å². The highest BCUT2D eigenvalue weighted by atomic mass is 16.5. The Labute approximate surface area is 154 Å². The van der Waals surface area contributed by atoms with Crippen LogP contribution in [0.2, 0.25) is 0 Å². The Morgan fingerprint density at radius 1 is 1.04 bits per heavy atom. The third-order valence-corrected chi connectivity index (χ3v) is 4.57. The highest BCUT2D eigenvalue weighted by Gasteiger charge is 2.14. The van der Waals surface area contributed by atoms with Gasteiger partial charge in [0.2, 0.25) is 5.91 Å². The van der Waals surface area contributed by atoms with Crippen LogP contribution in [0, 0.1) is 0 Å². The standard InChI is InChI=1S/C20H26N4O2/c1-23-11-13-24(14-12-23)17-9-7-16(8-10-17)22-20(25)15-21-18-5-3-4-6-19(18)26-2/h3-10,21H,11-15H2,1-2H3,(H,22,25). The van der Waals surface area contributed by atoms with Gasteiger partial charge in [0.1, 0.15) is 5.75 Å². The third-order valence-electron chi connectivity index (χ3n) is 4.57. The van der Waals surface area contributed by atoms with Crippen LogP contribution in [0.25, 0.3) is 0 Å². The summed E-state index contributed by atoms with van der Waals surface area (Å²) in [6.45, 7) is 4.40. The molecule has 1 aliphatic rings. The zero-order valence-corrected chi connectivity index (χ0v) is 15.4. The normalized spacial score (nSPS) is 14.8. The SMILES string of the molecule is COc1ccccc1NCC(=O)Nc1ccc(N2CCN(C)CC2)cc1. The minimum absolute atomic E-state index is 0.0942. The Hall–Kier alpha value is -2.73. The van der Waals surface area contributed by atoms with Gasteiger partial charge < -0.3 is 25.2 Å². The highest BCUT2D eigenvalue weighted by molar-refractivity contribution is 5.94. The van der Waals surface area contributed by atoms with Gasteiger partial charge in [-0.1, -0.05) is 12.1 Å². The molecule has 6 nitrogen and oxygen atoms in total. The van der Waals surface area contributed by atoms with Crippen LogP contribution >= 0.6 is 0 Å². The fraction of sp³-hybridized carbons (Fsp3) is 0.350. The second-order valence-electron chi connectivity index (χ2n) is 6.44. The van der Waals surface area contributed by atoms with Gasteiger partial charge >= 0.3 is 0 Å². The Bertz CT molecular complexity index is 725. The van der Waals surface area contributed by atoms with Crippen molar-refractivity contribution in [2.45, 2.75) is 0 Å². The maximum absolute atomic E-state index is 12.2. The minimum atomic E-state index is -0.0942. The molecule has 1 aliphatic heterocycles. The Balaban J connectivity index is 1.51. The average Bonchev–Trinajstić information content (AvgIpc) is 2.68. The lowest BCUT2D eigenvalue weighted by Crippen LogP contribution is -2.44. The summed E-state index contributed by atoms with van der Waals surface area (Å²) in [5.41, 5.74) is 2.80. The van der Waals surface area contributed by atoms with Gasteiger partial charge in [0, 0.05) is 37.6 Å². The molecule has 0 spiro atoms. The minimum Gasteiger partial charge on any atom is -0.495 e. The first kappa shape index (κ1) is 18.1. The summed E-state index contributed by atoms with van der Waals surface area (Å²) < 4.78 is 5.27. The summed E-state index contributed by atoms with van der Waals surface area (Å²) in [4.78, 5) is 16.9. The predicted molar refractivity (Wildman–Crippen MR) is 106 cm³/mol.